The lowest BCUT2D eigenvalue weighted by Gasteiger charge is -2.30. The summed E-state index contributed by atoms with van der Waals surface area (Å²) in [5.74, 6) is -1.95. The van der Waals surface area contributed by atoms with Crippen LogP contribution in [-0.2, 0) is 14.3 Å². The van der Waals surface area contributed by atoms with Crippen LogP contribution in [0.15, 0.2) is 12.0 Å². The van der Waals surface area contributed by atoms with Crippen LogP contribution in [-0.4, -0.2) is 49.8 Å². The van der Waals surface area contributed by atoms with Gasteiger partial charge in [0.05, 0.1) is 25.9 Å². The van der Waals surface area contributed by atoms with Crippen LogP contribution in [0, 0.1) is 0 Å². The Morgan fingerprint density at radius 2 is 2.00 bits per heavy atom. The second-order valence-corrected chi connectivity index (χ2v) is 3.38. The average Bonchev–Trinajstić information content (AvgIpc) is 2.28. The molecule has 0 amide bonds. The van der Waals surface area contributed by atoms with Gasteiger partial charge in [-0.15, -0.1) is 0 Å². The minimum atomic E-state index is -4.87. The fourth-order valence-electron chi connectivity index (χ4n) is 1.35. The Morgan fingerprint density at radius 3 is 2.47 bits per heavy atom. The van der Waals surface area contributed by atoms with E-state index >= 15 is 0 Å². The van der Waals surface area contributed by atoms with Crippen LogP contribution < -0.4 is 0 Å². The molecule has 0 spiro atoms. The first-order chi connectivity index (χ1) is 7.95. The summed E-state index contributed by atoms with van der Waals surface area (Å²) in [6.07, 6.45) is -4.37. The van der Waals surface area contributed by atoms with E-state index in [4.69, 9.17) is 9.47 Å². The second kappa shape index (κ2) is 5.90. The fourth-order valence-corrected chi connectivity index (χ4v) is 1.35. The molecule has 0 unspecified atom stereocenters. The minimum Gasteiger partial charge on any atom is -0.479 e. The number of morpholine rings is 1. The number of carbonyl (C=O) groups excluding carboxylic acids is 1. The summed E-state index contributed by atoms with van der Waals surface area (Å²) in [5, 5.41) is 0. The van der Waals surface area contributed by atoms with Crippen molar-refractivity contribution >= 4 is 5.78 Å². The van der Waals surface area contributed by atoms with Gasteiger partial charge in [-0.3, -0.25) is 4.79 Å². The Hall–Kier alpha value is -1.24. The molecule has 1 fully saturated rings. The minimum absolute atomic E-state index is 0.0434. The molecular weight excluding hydrogens is 239 g/mol. The number of hydrogen-bond acceptors (Lipinski definition) is 4. The molecule has 0 atom stereocenters. The average molecular weight is 253 g/mol. The van der Waals surface area contributed by atoms with Gasteiger partial charge >= 0.3 is 6.18 Å². The lowest BCUT2D eigenvalue weighted by molar-refractivity contribution is -0.165. The Bertz CT molecular complexity index is 296. The van der Waals surface area contributed by atoms with Crippen molar-refractivity contribution in [3.63, 3.8) is 0 Å². The Labute approximate surface area is 97.0 Å². The summed E-state index contributed by atoms with van der Waals surface area (Å²) in [6, 6.07) is 0. The zero-order chi connectivity index (χ0) is 12.9. The van der Waals surface area contributed by atoms with Crippen LogP contribution in [0.1, 0.15) is 6.92 Å². The highest BCUT2D eigenvalue weighted by atomic mass is 19.4. The van der Waals surface area contributed by atoms with E-state index in [9.17, 15) is 18.0 Å². The molecule has 4 nitrogen and oxygen atoms in total. The van der Waals surface area contributed by atoms with Gasteiger partial charge in [-0.2, -0.15) is 13.2 Å². The number of halogens is 3. The van der Waals surface area contributed by atoms with Gasteiger partial charge in [-0.1, -0.05) is 0 Å². The number of ketones is 1. The maximum absolute atomic E-state index is 12.1. The van der Waals surface area contributed by atoms with Crippen LogP contribution >= 0.6 is 0 Å². The van der Waals surface area contributed by atoms with Crippen molar-refractivity contribution in [2.45, 2.75) is 13.1 Å². The SMILES string of the molecule is CCOC(=CC(=O)C(F)(F)F)N1CCOCC1. The Morgan fingerprint density at radius 1 is 1.41 bits per heavy atom. The van der Waals surface area contributed by atoms with Gasteiger partial charge in [0.1, 0.15) is 0 Å². The van der Waals surface area contributed by atoms with Crippen molar-refractivity contribution in [1.29, 1.82) is 0 Å². The molecule has 1 aliphatic heterocycles. The predicted octanol–water partition coefficient (Wildman–Crippen LogP) is 1.33. The number of rotatable bonds is 4. The Kier molecular flexibility index (Phi) is 4.80. The number of ether oxygens (including phenoxy) is 2. The number of alkyl halides is 3. The van der Waals surface area contributed by atoms with Gasteiger partial charge < -0.3 is 14.4 Å². The quantitative estimate of drug-likeness (QED) is 0.559. The zero-order valence-electron chi connectivity index (χ0n) is 9.42. The molecule has 1 rings (SSSR count). The fraction of sp³-hybridized carbons (Fsp3) is 0.700. The highest BCUT2D eigenvalue weighted by Gasteiger charge is 2.37. The summed E-state index contributed by atoms with van der Waals surface area (Å²) in [6.45, 7) is 3.49. The van der Waals surface area contributed by atoms with Crippen molar-refractivity contribution in [1.82, 2.24) is 4.90 Å². The molecule has 0 aromatic rings. The van der Waals surface area contributed by atoms with E-state index in [1.807, 2.05) is 0 Å². The predicted molar refractivity (Wildman–Crippen MR) is 53.2 cm³/mol. The van der Waals surface area contributed by atoms with Crippen LogP contribution in [0.25, 0.3) is 0 Å². The molecular formula is C10H14F3NO3. The molecule has 1 heterocycles. The molecule has 1 saturated heterocycles. The van der Waals surface area contributed by atoms with Crippen LogP contribution in [0.5, 0.6) is 0 Å². The molecule has 98 valence electrons. The molecule has 7 heteroatoms. The third kappa shape index (κ3) is 4.26. The van der Waals surface area contributed by atoms with E-state index in [1.165, 1.54) is 0 Å². The summed E-state index contributed by atoms with van der Waals surface area (Å²) in [4.78, 5) is 12.4. The highest BCUT2D eigenvalue weighted by molar-refractivity contribution is 5.94. The molecule has 17 heavy (non-hydrogen) atoms. The summed E-state index contributed by atoms with van der Waals surface area (Å²) < 4.78 is 46.5. The van der Waals surface area contributed by atoms with Crippen LogP contribution in [0.2, 0.25) is 0 Å². The van der Waals surface area contributed by atoms with Gasteiger partial charge in [0.2, 0.25) is 0 Å². The van der Waals surface area contributed by atoms with Gasteiger partial charge in [-0.25, -0.2) is 0 Å². The topological polar surface area (TPSA) is 38.8 Å². The maximum Gasteiger partial charge on any atom is 0.454 e. The molecule has 0 bridgehead atoms. The first-order valence-corrected chi connectivity index (χ1v) is 5.23. The lowest BCUT2D eigenvalue weighted by atomic mass is 10.3. The van der Waals surface area contributed by atoms with Crippen molar-refractivity contribution in [3.05, 3.63) is 12.0 Å². The third-order valence-corrected chi connectivity index (χ3v) is 2.15. The third-order valence-electron chi connectivity index (χ3n) is 2.15. The first kappa shape index (κ1) is 13.8. The molecule has 1 aliphatic rings. The highest BCUT2D eigenvalue weighted by Crippen LogP contribution is 2.19. The van der Waals surface area contributed by atoms with Gasteiger partial charge in [0.15, 0.2) is 5.88 Å². The molecule has 0 radical (unpaired) electrons. The monoisotopic (exact) mass is 253 g/mol. The molecule has 0 saturated carbocycles. The molecule has 0 aromatic heterocycles. The normalized spacial score (nSPS) is 18.1. The van der Waals surface area contributed by atoms with E-state index in [1.54, 1.807) is 11.8 Å². The molecule has 0 aromatic carbocycles. The lowest BCUT2D eigenvalue weighted by Crippen LogP contribution is -2.37. The number of carbonyl (C=O) groups is 1. The number of nitrogens with zero attached hydrogens (tertiary/aromatic N) is 1. The zero-order valence-corrected chi connectivity index (χ0v) is 9.42. The van der Waals surface area contributed by atoms with Crippen LogP contribution in [0.3, 0.4) is 0 Å². The maximum atomic E-state index is 12.1. The largest absolute Gasteiger partial charge is 0.479 e. The van der Waals surface area contributed by atoms with Gasteiger partial charge in [0.25, 0.3) is 5.78 Å². The van der Waals surface area contributed by atoms with E-state index in [0.717, 1.165) is 0 Å². The smallest absolute Gasteiger partial charge is 0.454 e. The van der Waals surface area contributed by atoms with Gasteiger partial charge in [0, 0.05) is 13.1 Å². The van der Waals surface area contributed by atoms with Gasteiger partial charge in [-0.05, 0) is 6.92 Å². The van der Waals surface area contributed by atoms with Crippen molar-refractivity contribution in [2.75, 3.05) is 32.9 Å². The first-order valence-electron chi connectivity index (χ1n) is 5.23. The number of hydrogen-bond donors (Lipinski definition) is 0. The summed E-state index contributed by atoms with van der Waals surface area (Å²) in [7, 11) is 0. The van der Waals surface area contributed by atoms with E-state index < -0.39 is 12.0 Å². The van der Waals surface area contributed by atoms with Crippen LogP contribution in [0.4, 0.5) is 13.2 Å². The van der Waals surface area contributed by atoms with Crippen molar-refractivity contribution < 1.29 is 27.4 Å². The summed E-state index contributed by atoms with van der Waals surface area (Å²) in [5.41, 5.74) is 0. The standard InChI is InChI=1S/C10H14F3NO3/c1-2-17-9(7-8(15)10(11,12)13)14-3-5-16-6-4-14/h7H,2-6H2,1H3. The molecule has 0 N–H and O–H groups in total. The second-order valence-electron chi connectivity index (χ2n) is 3.38. The van der Waals surface area contributed by atoms with Crippen molar-refractivity contribution in [3.8, 4) is 0 Å². The Balaban J connectivity index is 2.76. The van der Waals surface area contributed by atoms with E-state index in [0.29, 0.717) is 32.4 Å². The summed E-state index contributed by atoms with van der Waals surface area (Å²) >= 11 is 0. The molecule has 0 aliphatic carbocycles. The van der Waals surface area contributed by atoms with E-state index in [2.05, 4.69) is 0 Å². The van der Waals surface area contributed by atoms with Crippen molar-refractivity contribution in [2.24, 2.45) is 0 Å². The van der Waals surface area contributed by atoms with E-state index in [-0.39, 0.29) is 12.5 Å². The number of allylic oxidation sites excluding steroid dienone is 1.